The van der Waals surface area contributed by atoms with Crippen LogP contribution in [-0.2, 0) is 11.3 Å². The smallest absolute Gasteiger partial charge is 0.346 e. The number of benzene rings is 2. The molecule has 1 saturated heterocycles. The average Bonchev–Trinajstić information content (AvgIpc) is 2.66. The highest BCUT2D eigenvalue weighted by Crippen LogP contribution is 2.32. The van der Waals surface area contributed by atoms with Crippen LogP contribution in [0.3, 0.4) is 0 Å². The van der Waals surface area contributed by atoms with Gasteiger partial charge in [-0.3, -0.25) is 9.69 Å². The molecule has 0 radical (unpaired) electrons. The van der Waals surface area contributed by atoms with Gasteiger partial charge in [-0.05, 0) is 38.6 Å². The van der Waals surface area contributed by atoms with Gasteiger partial charge in [0.2, 0.25) is 5.43 Å². The second-order valence-electron chi connectivity index (χ2n) is 6.79. The Hall–Kier alpha value is -3.12. The van der Waals surface area contributed by atoms with E-state index >= 15 is 0 Å². The Kier molecular flexibility index (Phi) is 4.88. The fourth-order valence-corrected chi connectivity index (χ4v) is 3.44. The van der Waals surface area contributed by atoms with E-state index < -0.39 is 11.4 Å². The minimum Gasteiger partial charge on any atom is -0.508 e. The molecule has 0 atom stereocenters. The van der Waals surface area contributed by atoms with Crippen LogP contribution in [0.4, 0.5) is 0 Å². The molecule has 1 N–H and O–H groups in total. The van der Waals surface area contributed by atoms with Crippen LogP contribution in [0.5, 0.6) is 5.75 Å². The summed E-state index contributed by atoms with van der Waals surface area (Å²) in [5.41, 5.74) is 0.809. The maximum Gasteiger partial charge on any atom is 0.346 e. The van der Waals surface area contributed by atoms with E-state index in [0.29, 0.717) is 23.3 Å². The zero-order valence-electron chi connectivity index (χ0n) is 15.6. The molecule has 1 aromatic heterocycles. The Morgan fingerprint density at radius 3 is 2.57 bits per heavy atom. The van der Waals surface area contributed by atoms with E-state index in [-0.39, 0.29) is 29.1 Å². The first-order chi connectivity index (χ1) is 13.6. The highest BCUT2D eigenvalue weighted by molar-refractivity contribution is 6.00. The third kappa shape index (κ3) is 3.16. The molecule has 0 unspecified atom stereocenters. The Bertz CT molecular complexity index is 1080. The van der Waals surface area contributed by atoms with Crippen molar-refractivity contribution in [3.05, 3.63) is 63.8 Å². The second-order valence-corrected chi connectivity index (χ2v) is 6.79. The molecule has 0 aliphatic carbocycles. The van der Waals surface area contributed by atoms with E-state index in [9.17, 15) is 14.7 Å². The van der Waals surface area contributed by atoms with Crippen molar-refractivity contribution < 1.29 is 19.1 Å². The first-order valence-electron chi connectivity index (χ1n) is 9.36. The Labute approximate surface area is 162 Å². The van der Waals surface area contributed by atoms with E-state index in [1.165, 1.54) is 6.07 Å². The monoisotopic (exact) mass is 379 g/mol. The molecule has 1 fully saturated rings. The summed E-state index contributed by atoms with van der Waals surface area (Å²) in [4.78, 5) is 28.2. The first-order valence-corrected chi connectivity index (χ1v) is 9.36. The van der Waals surface area contributed by atoms with Crippen LogP contribution in [0.1, 0.15) is 29.3 Å². The number of phenols is 1. The molecule has 2 heterocycles. The third-order valence-electron chi connectivity index (χ3n) is 4.99. The summed E-state index contributed by atoms with van der Waals surface area (Å²) >= 11 is 0. The van der Waals surface area contributed by atoms with E-state index in [0.717, 1.165) is 19.5 Å². The van der Waals surface area contributed by atoms with Gasteiger partial charge in [-0.1, -0.05) is 30.3 Å². The molecule has 1 aliphatic heterocycles. The normalized spacial score (nSPS) is 14.0. The lowest BCUT2D eigenvalue weighted by atomic mass is 10.0. The van der Waals surface area contributed by atoms with E-state index in [4.69, 9.17) is 9.15 Å². The second kappa shape index (κ2) is 7.48. The predicted molar refractivity (Wildman–Crippen MR) is 105 cm³/mol. The summed E-state index contributed by atoms with van der Waals surface area (Å²) in [6, 6.07) is 12.1. The van der Waals surface area contributed by atoms with Gasteiger partial charge in [-0.2, -0.15) is 0 Å². The van der Waals surface area contributed by atoms with E-state index in [2.05, 4.69) is 4.90 Å². The molecule has 3 aromatic rings. The average molecular weight is 379 g/mol. The maximum absolute atomic E-state index is 13.4. The van der Waals surface area contributed by atoms with Crippen molar-refractivity contribution in [1.29, 1.82) is 0 Å². The van der Waals surface area contributed by atoms with Crippen LogP contribution in [0.2, 0.25) is 0 Å². The molecular formula is C22H21NO5. The number of carbonyl (C=O) groups is 1. The van der Waals surface area contributed by atoms with Crippen molar-refractivity contribution in [1.82, 2.24) is 4.90 Å². The Morgan fingerprint density at radius 1 is 1.18 bits per heavy atom. The SMILES string of the molecule is CCOC(=O)c1c(-c2ccccc2)oc2ccc(O)c(CN3CCC3)c2c1=O. The van der Waals surface area contributed by atoms with Crippen LogP contribution in [0, 0.1) is 0 Å². The van der Waals surface area contributed by atoms with Crippen molar-refractivity contribution in [2.75, 3.05) is 19.7 Å². The molecule has 0 saturated carbocycles. The number of nitrogens with zero attached hydrogens (tertiary/aromatic N) is 1. The summed E-state index contributed by atoms with van der Waals surface area (Å²) in [7, 11) is 0. The molecule has 2 aromatic carbocycles. The highest BCUT2D eigenvalue weighted by Gasteiger charge is 2.27. The lowest BCUT2D eigenvalue weighted by molar-refractivity contribution is 0.0524. The molecule has 0 bridgehead atoms. The van der Waals surface area contributed by atoms with E-state index in [1.807, 2.05) is 6.07 Å². The fraction of sp³-hybridized carbons (Fsp3) is 0.273. The molecule has 0 spiro atoms. The molecule has 0 amide bonds. The molecular weight excluding hydrogens is 358 g/mol. The van der Waals surface area contributed by atoms with Crippen LogP contribution in [0.15, 0.2) is 51.7 Å². The van der Waals surface area contributed by atoms with Crippen LogP contribution in [-0.4, -0.2) is 35.7 Å². The number of phenolic OH excluding ortho intramolecular Hbond substituents is 1. The largest absolute Gasteiger partial charge is 0.508 e. The number of aromatic hydroxyl groups is 1. The van der Waals surface area contributed by atoms with Gasteiger partial charge in [0, 0.05) is 17.7 Å². The van der Waals surface area contributed by atoms with Gasteiger partial charge in [0.1, 0.15) is 11.3 Å². The number of carbonyl (C=O) groups excluding carboxylic acids is 1. The molecule has 6 heteroatoms. The zero-order chi connectivity index (χ0) is 19.7. The summed E-state index contributed by atoms with van der Waals surface area (Å²) < 4.78 is 11.2. The van der Waals surface area contributed by atoms with Crippen molar-refractivity contribution >= 4 is 16.9 Å². The van der Waals surface area contributed by atoms with Crippen molar-refractivity contribution in [2.24, 2.45) is 0 Å². The van der Waals surface area contributed by atoms with Crippen LogP contribution >= 0.6 is 0 Å². The van der Waals surface area contributed by atoms with Gasteiger partial charge in [0.25, 0.3) is 0 Å². The number of likely N-dealkylation sites (tertiary alicyclic amines) is 1. The van der Waals surface area contributed by atoms with Crippen molar-refractivity contribution in [3.8, 4) is 17.1 Å². The van der Waals surface area contributed by atoms with Gasteiger partial charge in [0.15, 0.2) is 11.3 Å². The molecule has 28 heavy (non-hydrogen) atoms. The van der Waals surface area contributed by atoms with Crippen LogP contribution < -0.4 is 5.43 Å². The fourth-order valence-electron chi connectivity index (χ4n) is 3.44. The summed E-state index contributed by atoms with van der Waals surface area (Å²) in [6.45, 7) is 4.08. The van der Waals surface area contributed by atoms with Crippen LogP contribution in [0.25, 0.3) is 22.3 Å². The van der Waals surface area contributed by atoms with Gasteiger partial charge >= 0.3 is 5.97 Å². The number of rotatable bonds is 5. The number of esters is 1. The number of ether oxygens (including phenoxy) is 1. The highest BCUT2D eigenvalue weighted by atomic mass is 16.5. The summed E-state index contributed by atoms with van der Waals surface area (Å²) in [6.07, 6.45) is 1.09. The molecule has 4 rings (SSSR count). The topological polar surface area (TPSA) is 80.0 Å². The Morgan fingerprint density at radius 2 is 1.93 bits per heavy atom. The van der Waals surface area contributed by atoms with Gasteiger partial charge < -0.3 is 14.3 Å². The van der Waals surface area contributed by atoms with E-state index in [1.54, 1.807) is 37.3 Å². The first kappa shape index (κ1) is 18.3. The third-order valence-corrected chi connectivity index (χ3v) is 4.99. The number of hydrogen-bond acceptors (Lipinski definition) is 6. The van der Waals surface area contributed by atoms with Gasteiger partial charge in [-0.25, -0.2) is 4.79 Å². The maximum atomic E-state index is 13.4. The molecule has 6 nitrogen and oxygen atoms in total. The number of hydrogen-bond donors (Lipinski definition) is 1. The number of fused-ring (bicyclic) bond motifs is 1. The standard InChI is InChI=1S/C22H21NO5/c1-2-27-22(26)19-20(25)18-15(13-23-11-6-12-23)16(24)9-10-17(18)28-21(19)14-7-4-3-5-8-14/h3-5,7-10,24H,2,6,11-13H2,1H3. The van der Waals surface area contributed by atoms with Crippen molar-refractivity contribution in [2.45, 2.75) is 19.9 Å². The minimum absolute atomic E-state index is 0.0222. The van der Waals surface area contributed by atoms with Gasteiger partial charge in [-0.15, -0.1) is 0 Å². The molecule has 144 valence electrons. The lowest BCUT2D eigenvalue weighted by Crippen LogP contribution is -2.36. The lowest BCUT2D eigenvalue weighted by Gasteiger charge is -2.31. The van der Waals surface area contributed by atoms with Crippen molar-refractivity contribution in [3.63, 3.8) is 0 Å². The molecule has 1 aliphatic rings. The van der Waals surface area contributed by atoms with Gasteiger partial charge in [0.05, 0.1) is 12.0 Å². The Balaban J connectivity index is 2.00. The minimum atomic E-state index is -0.727. The summed E-state index contributed by atoms with van der Waals surface area (Å²) in [5.74, 6) is -0.527. The predicted octanol–water partition coefficient (Wildman–Crippen LogP) is 3.55. The quantitative estimate of drug-likeness (QED) is 0.683. The summed E-state index contributed by atoms with van der Waals surface area (Å²) in [5, 5.41) is 10.6. The zero-order valence-corrected chi connectivity index (χ0v) is 15.6.